The van der Waals surface area contributed by atoms with Gasteiger partial charge in [0.25, 0.3) is 5.56 Å². The topological polar surface area (TPSA) is 77.8 Å². The summed E-state index contributed by atoms with van der Waals surface area (Å²) >= 11 is 1.95. The standard InChI is InChI=1S/C24H27IN2O5S/c1-17(2)27-23(28)14-13-22(24(27)25)33(29,30)26(15-18-5-9-20(31-3)10-6-18)16-19-7-11-21(32-4)12-8-19/h5-14,17H,15-16H2,1-4H3. The van der Waals surface area contributed by atoms with Crippen molar-refractivity contribution >= 4 is 32.6 Å². The monoisotopic (exact) mass is 582 g/mol. The van der Waals surface area contributed by atoms with Crippen molar-refractivity contribution in [3.8, 4) is 11.5 Å². The van der Waals surface area contributed by atoms with Gasteiger partial charge < -0.3 is 9.47 Å². The van der Waals surface area contributed by atoms with Crippen molar-refractivity contribution < 1.29 is 17.9 Å². The molecule has 0 aliphatic rings. The molecule has 0 spiro atoms. The number of rotatable bonds is 9. The zero-order valence-electron chi connectivity index (χ0n) is 19.0. The summed E-state index contributed by atoms with van der Waals surface area (Å²) in [4.78, 5) is 12.5. The van der Waals surface area contributed by atoms with E-state index in [0.717, 1.165) is 11.1 Å². The number of hydrogen-bond donors (Lipinski definition) is 0. The van der Waals surface area contributed by atoms with E-state index in [1.165, 1.54) is 21.0 Å². The molecular weight excluding hydrogens is 555 g/mol. The molecule has 0 radical (unpaired) electrons. The second-order valence-electron chi connectivity index (χ2n) is 7.76. The average Bonchev–Trinajstić information content (AvgIpc) is 2.79. The largest absolute Gasteiger partial charge is 0.497 e. The first-order valence-electron chi connectivity index (χ1n) is 10.3. The molecule has 0 atom stereocenters. The van der Waals surface area contributed by atoms with Gasteiger partial charge in [-0.2, -0.15) is 4.31 Å². The van der Waals surface area contributed by atoms with Crippen LogP contribution in [-0.4, -0.2) is 31.5 Å². The Labute approximate surface area is 208 Å². The molecule has 7 nitrogen and oxygen atoms in total. The maximum atomic E-state index is 13.9. The fourth-order valence-corrected chi connectivity index (χ4v) is 6.70. The van der Waals surface area contributed by atoms with Gasteiger partial charge in [0.05, 0.1) is 14.2 Å². The molecule has 0 aliphatic carbocycles. The summed E-state index contributed by atoms with van der Waals surface area (Å²) in [6, 6.07) is 17.1. The van der Waals surface area contributed by atoms with Crippen molar-refractivity contribution in [2.75, 3.05) is 14.2 Å². The van der Waals surface area contributed by atoms with Crippen molar-refractivity contribution in [3.63, 3.8) is 0 Å². The van der Waals surface area contributed by atoms with E-state index in [1.807, 2.05) is 60.7 Å². The molecule has 0 fully saturated rings. The van der Waals surface area contributed by atoms with Gasteiger partial charge in [0.2, 0.25) is 10.0 Å². The minimum Gasteiger partial charge on any atom is -0.497 e. The Morgan fingerprint density at radius 1 is 0.848 bits per heavy atom. The molecule has 0 amide bonds. The summed E-state index contributed by atoms with van der Waals surface area (Å²) in [5.41, 5.74) is 1.41. The number of halogens is 1. The highest BCUT2D eigenvalue weighted by atomic mass is 127. The van der Waals surface area contributed by atoms with Crippen LogP contribution >= 0.6 is 22.6 Å². The van der Waals surface area contributed by atoms with E-state index in [9.17, 15) is 13.2 Å². The third kappa shape index (κ3) is 5.77. The SMILES string of the molecule is COc1ccc(CN(Cc2ccc(OC)cc2)S(=O)(=O)c2ccc(=O)n(C(C)C)c2I)cc1. The van der Waals surface area contributed by atoms with Crippen LogP contribution in [0.25, 0.3) is 0 Å². The van der Waals surface area contributed by atoms with E-state index in [1.54, 1.807) is 38.5 Å². The minimum atomic E-state index is -3.93. The molecule has 0 saturated heterocycles. The van der Waals surface area contributed by atoms with Gasteiger partial charge in [-0.05, 0) is 77.9 Å². The van der Waals surface area contributed by atoms with Gasteiger partial charge in [-0.15, -0.1) is 0 Å². The molecule has 1 aromatic heterocycles. The van der Waals surface area contributed by atoms with Gasteiger partial charge in [0.15, 0.2) is 0 Å². The summed E-state index contributed by atoms with van der Waals surface area (Å²) < 4.78 is 41.4. The van der Waals surface area contributed by atoms with Gasteiger partial charge in [0.1, 0.15) is 20.1 Å². The first-order chi connectivity index (χ1) is 15.7. The number of benzene rings is 2. The van der Waals surface area contributed by atoms with Gasteiger partial charge in [-0.3, -0.25) is 9.36 Å². The summed E-state index contributed by atoms with van der Waals surface area (Å²) in [6.45, 7) is 4.03. The number of pyridine rings is 1. The van der Waals surface area contributed by atoms with E-state index >= 15 is 0 Å². The van der Waals surface area contributed by atoms with E-state index in [2.05, 4.69) is 0 Å². The highest BCUT2D eigenvalue weighted by molar-refractivity contribution is 14.1. The lowest BCUT2D eigenvalue weighted by atomic mass is 10.2. The molecule has 1 heterocycles. The summed E-state index contributed by atoms with van der Waals surface area (Å²) in [6.07, 6.45) is 0. The number of ether oxygens (including phenoxy) is 2. The van der Waals surface area contributed by atoms with E-state index in [-0.39, 0.29) is 29.6 Å². The molecule has 9 heteroatoms. The van der Waals surface area contributed by atoms with E-state index < -0.39 is 10.0 Å². The predicted octanol–water partition coefficient (Wildman–Crippen LogP) is 4.44. The van der Waals surface area contributed by atoms with Crippen molar-refractivity contribution in [1.82, 2.24) is 8.87 Å². The lowest BCUT2D eigenvalue weighted by molar-refractivity contribution is 0.396. The van der Waals surface area contributed by atoms with Crippen LogP contribution in [0.5, 0.6) is 11.5 Å². The Balaban J connectivity index is 2.06. The number of nitrogens with zero attached hydrogens (tertiary/aromatic N) is 2. The molecule has 3 aromatic rings. The first kappa shape index (κ1) is 25.3. The Kier molecular flexibility index (Phi) is 8.19. The zero-order valence-corrected chi connectivity index (χ0v) is 22.0. The molecule has 3 rings (SSSR count). The van der Waals surface area contributed by atoms with Crippen LogP contribution in [0.4, 0.5) is 0 Å². The number of hydrogen-bond acceptors (Lipinski definition) is 5. The molecule has 33 heavy (non-hydrogen) atoms. The Morgan fingerprint density at radius 3 is 1.70 bits per heavy atom. The third-order valence-electron chi connectivity index (χ3n) is 5.20. The lowest BCUT2D eigenvalue weighted by Crippen LogP contribution is -2.33. The molecule has 0 aliphatic heterocycles. The molecular formula is C24H27IN2O5S. The Morgan fingerprint density at radius 2 is 1.30 bits per heavy atom. The zero-order chi connectivity index (χ0) is 24.2. The number of methoxy groups -OCH3 is 2. The van der Waals surface area contributed by atoms with Crippen molar-refractivity contribution in [1.29, 1.82) is 0 Å². The van der Waals surface area contributed by atoms with E-state index in [4.69, 9.17) is 9.47 Å². The number of sulfonamides is 1. The predicted molar refractivity (Wildman–Crippen MR) is 136 cm³/mol. The number of aromatic nitrogens is 1. The third-order valence-corrected chi connectivity index (χ3v) is 8.49. The second-order valence-corrected chi connectivity index (χ2v) is 10.7. The van der Waals surface area contributed by atoms with Gasteiger partial charge in [0, 0.05) is 25.2 Å². The van der Waals surface area contributed by atoms with Crippen LogP contribution in [-0.2, 0) is 23.1 Å². The van der Waals surface area contributed by atoms with Crippen LogP contribution in [0.1, 0.15) is 31.0 Å². The fourth-order valence-electron chi connectivity index (χ4n) is 3.42. The van der Waals surface area contributed by atoms with Gasteiger partial charge in [-0.1, -0.05) is 24.3 Å². The maximum absolute atomic E-state index is 13.9. The summed E-state index contributed by atoms with van der Waals surface area (Å²) in [5, 5.41) is 0. The van der Waals surface area contributed by atoms with Crippen LogP contribution in [0.15, 0.2) is 70.4 Å². The van der Waals surface area contributed by atoms with Crippen LogP contribution in [0.3, 0.4) is 0 Å². The normalized spacial score (nSPS) is 11.7. The molecule has 176 valence electrons. The van der Waals surface area contributed by atoms with E-state index in [0.29, 0.717) is 15.2 Å². The van der Waals surface area contributed by atoms with Gasteiger partial charge in [-0.25, -0.2) is 8.42 Å². The smallest absolute Gasteiger partial charge is 0.251 e. The average molecular weight is 582 g/mol. The van der Waals surface area contributed by atoms with Crippen molar-refractivity contribution in [3.05, 3.63) is 85.8 Å². The first-order valence-corrected chi connectivity index (χ1v) is 12.9. The van der Waals surface area contributed by atoms with Crippen LogP contribution in [0, 0.1) is 3.70 Å². The van der Waals surface area contributed by atoms with Crippen molar-refractivity contribution in [2.24, 2.45) is 0 Å². The Bertz CT molecular complexity index is 1200. The Hall–Kier alpha value is -2.37. The fraction of sp³-hybridized carbons (Fsp3) is 0.292. The van der Waals surface area contributed by atoms with Crippen molar-refractivity contribution in [2.45, 2.75) is 37.9 Å². The molecule has 0 unspecified atom stereocenters. The molecule has 2 aromatic carbocycles. The molecule has 0 bridgehead atoms. The van der Waals surface area contributed by atoms with Crippen LogP contribution < -0.4 is 15.0 Å². The summed E-state index contributed by atoms with van der Waals surface area (Å²) in [7, 11) is -0.760. The highest BCUT2D eigenvalue weighted by Gasteiger charge is 2.29. The van der Waals surface area contributed by atoms with Gasteiger partial charge >= 0.3 is 0 Å². The second kappa shape index (κ2) is 10.7. The maximum Gasteiger partial charge on any atom is 0.251 e. The lowest BCUT2D eigenvalue weighted by Gasteiger charge is -2.24. The summed E-state index contributed by atoms with van der Waals surface area (Å²) in [5.74, 6) is 1.39. The molecule has 0 saturated carbocycles. The highest BCUT2D eigenvalue weighted by Crippen LogP contribution is 2.26. The minimum absolute atomic E-state index is 0.110. The quantitative estimate of drug-likeness (QED) is 0.276. The van der Waals surface area contributed by atoms with Crippen LogP contribution in [0.2, 0.25) is 0 Å². The molecule has 0 N–H and O–H groups in total.